The van der Waals surface area contributed by atoms with Crippen molar-refractivity contribution in [1.29, 1.82) is 0 Å². The molecule has 0 saturated carbocycles. The zero-order chi connectivity index (χ0) is 19.4. The van der Waals surface area contributed by atoms with Crippen LogP contribution in [-0.4, -0.2) is 30.0 Å². The smallest absolute Gasteiger partial charge is 0.258 e. The van der Waals surface area contributed by atoms with Crippen molar-refractivity contribution in [2.75, 3.05) is 29.6 Å². The lowest BCUT2D eigenvalue weighted by Crippen LogP contribution is -2.13. The number of nitrogens with zero attached hydrogens (tertiary/aromatic N) is 3. The maximum absolute atomic E-state index is 12.5. The lowest BCUT2D eigenvalue weighted by Gasteiger charge is -2.13. The number of halogens is 2. The lowest BCUT2D eigenvalue weighted by molar-refractivity contribution is 0.102. The summed E-state index contributed by atoms with van der Waals surface area (Å²) in [6, 6.07) is 12.1. The third-order valence-corrected chi connectivity index (χ3v) is 4.36. The molecule has 0 aliphatic heterocycles. The maximum atomic E-state index is 12.5. The highest BCUT2D eigenvalue weighted by atomic mass is 35.5. The van der Waals surface area contributed by atoms with E-state index in [0.717, 1.165) is 5.69 Å². The van der Waals surface area contributed by atoms with Crippen molar-refractivity contribution in [3.05, 3.63) is 70.5 Å². The molecule has 3 aromatic rings. The fraction of sp³-hybridized carbons (Fsp3) is 0.105. The molecule has 2 N–H and O–H groups in total. The van der Waals surface area contributed by atoms with E-state index in [4.69, 9.17) is 23.2 Å². The Morgan fingerprint density at radius 2 is 1.74 bits per heavy atom. The van der Waals surface area contributed by atoms with Crippen molar-refractivity contribution in [1.82, 2.24) is 9.97 Å². The molecule has 0 aliphatic rings. The van der Waals surface area contributed by atoms with Crippen LogP contribution in [0.2, 0.25) is 10.0 Å². The molecule has 2 aromatic heterocycles. The number of aromatic nitrogens is 2. The molecule has 0 saturated heterocycles. The number of nitrogens with one attached hydrogen (secondary N) is 2. The van der Waals surface area contributed by atoms with Gasteiger partial charge in [0, 0.05) is 32.0 Å². The van der Waals surface area contributed by atoms with Gasteiger partial charge in [-0.1, -0.05) is 29.3 Å². The summed E-state index contributed by atoms with van der Waals surface area (Å²) in [6.45, 7) is 0. The van der Waals surface area contributed by atoms with Crippen LogP contribution >= 0.6 is 23.2 Å². The van der Waals surface area contributed by atoms with E-state index in [0.29, 0.717) is 17.3 Å². The van der Waals surface area contributed by atoms with Crippen molar-refractivity contribution in [2.45, 2.75) is 0 Å². The van der Waals surface area contributed by atoms with Crippen LogP contribution in [0.25, 0.3) is 0 Å². The van der Waals surface area contributed by atoms with Crippen molar-refractivity contribution in [3.8, 4) is 0 Å². The molecule has 0 spiro atoms. The first-order valence-corrected chi connectivity index (χ1v) is 8.81. The second-order valence-electron chi connectivity index (χ2n) is 5.90. The minimum absolute atomic E-state index is 0.230. The number of rotatable bonds is 5. The first-order valence-electron chi connectivity index (χ1n) is 8.06. The molecule has 0 fully saturated rings. The van der Waals surface area contributed by atoms with Gasteiger partial charge < -0.3 is 15.5 Å². The average Bonchev–Trinajstić information content (AvgIpc) is 2.62. The van der Waals surface area contributed by atoms with E-state index in [2.05, 4.69) is 20.6 Å². The first kappa shape index (κ1) is 18.9. The number of hydrogen-bond acceptors (Lipinski definition) is 5. The zero-order valence-corrected chi connectivity index (χ0v) is 16.2. The first-order chi connectivity index (χ1) is 12.9. The Kier molecular flexibility index (Phi) is 5.78. The van der Waals surface area contributed by atoms with Gasteiger partial charge in [0.2, 0.25) is 0 Å². The second kappa shape index (κ2) is 8.24. The Hall–Kier alpha value is -2.83. The Morgan fingerprint density at radius 1 is 1.00 bits per heavy atom. The lowest BCUT2D eigenvalue weighted by atomic mass is 10.2. The molecule has 27 heavy (non-hydrogen) atoms. The molecule has 6 nitrogen and oxygen atoms in total. The maximum Gasteiger partial charge on any atom is 0.258 e. The van der Waals surface area contributed by atoms with Crippen molar-refractivity contribution in [3.63, 3.8) is 0 Å². The molecule has 1 aromatic carbocycles. The number of pyridine rings is 2. The van der Waals surface area contributed by atoms with Gasteiger partial charge in [-0.25, -0.2) is 9.97 Å². The van der Waals surface area contributed by atoms with Gasteiger partial charge in [-0.05, 0) is 30.3 Å². The van der Waals surface area contributed by atoms with Crippen LogP contribution in [0.15, 0.2) is 54.9 Å². The summed E-state index contributed by atoms with van der Waals surface area (Å²) >= 11 is 12.2. The number of amides is 1. The fourth-order valence-corrected chi connectivity index (χ4v) is 2.91. The summed E-state index contributed by atoms with van der Waals surface area (Å²) in [4.78, 5) is 23.0. The largest absolute Gasteiger partial charge is 0.376 e. The van der Waals surface area contributed by atoms with Gasteiger partial charge >= 0.3 is 0 Å². The second-order valence-corrected chi connectivity index (χ2v) is 6.72. The topological polar surface area (TPSA) is 70.2 Å². The van der Waals surface area contributed by atoms with Crippen LogP contribution < -0.4 is 15.5 Å². The third kappa shape index (κ3) is 4.67. The van der Waals surface area contributed by atoms with Gasteiger partial charge in [-0.15, -0.1) is 0 Å². The number of benzene rings is 1. The predicted octanol–water partition coefficient (Wildman–Crippen LogP) is 4.85. The van der Waals surface area contributed by atoms with Crippen LogP contribution in [0, 0.1) is 0 Å². The summed E-state index contributed by atoms with van der Waals surface area (Å²) < 4.78 is 0. The molecule has 0 atom stereocenters. The third-order valence-electron chi connectivity index (χ3n) is 3.73. The van der Waals surface area contributed by atoms with Crippen LogP contribution in [0.1, 0.15) is 10.4 Å². The summed E-state index contributed by atoms with van der Waals surface area (Å²) in [5.74, 6) is 0.796. The predicted molar refractivity (Wildman–Crippen MR) is 110 cm³/mol. The molecule has 2 heterocycles. The Labute approximate surface area is 167 Å². The average molecular weight is 402 g/mol. The van der Waals surface area contributed by atoms with E-state index in [1.54, 1.807) is 42.7 Å². The highest BCUT2D eigenvalue weighted by Crippen LogP contribution is 2.26. The van der Waals surface area contributed by atoms with Crippen LogP contribution in [0.5, 0.6) is 0 Å². The quantitative estimate of drug-likeness (QED) is 0.639. The van der Waals surface area contributed by atoms with Gasteiger partial charge in [0.1, 0.15) is 11.6 Å². The van der Waals surface area contributed by atoms with Crippen LogP contribution in [0.4, 0.5) is 23.0 Å². The highest BCUT2D eigenvalue weighted by Gasteiger charge is 2.15. The summed E-state index contributed by atoms with van der Waals surface area (Å²) in [5, 5.41) is 6.46. The minimum atomic E-state index is -0.392. The molecule has 0 aliphatic carbocycles. The van der Waals surface area contributed by atoms with Gasteiger partial charge in [-0.3, -0.25) is 4.79 Å². The van der Waals surface area contributed by atoms with E-state index in [-0.39, 0.29) is 15.6 Å². The van der Waals surface area contributed by atoms with Gasteiger partial charge in [-0.2, -0.15) is 0 Å². The van der Waals surface area contributed by atoms with Crippen LogP contribution in [0.3, 0.4) is 0 Å². The van der Waals surface area contributed by atoms with E-state index in [9.17, 15) is 4.79 Å². The highest BCUT2D eigenvalue weighted by molar-refractivity contribution is 6.40. The zero-order valence-electron chi connectivity index (χ0n) is 14.7. The van der Waals surface area contributed by atoms with E-state index in [1.807, 2.05) is 31.1 Å². The molecule has 138 valence electrons. The Bertz CT molecular complexity index is 940. The van der Waals surface area contributed by atoms with E-state index in [1.165, 1.54) is 0 Å². The summed E-state index contributed by atoms with van der Waals surface area (Å²) in [6.07, 6.45) is 3.34. The van der Waals surface area contributed by atoms with Crippen molar-refractivity contribution < 1.29 is 4.79 Å². The monoisotopic (exact) mass is 401 g/mol. The van der Waals surface area contributed by atoms with Gasteiger partial charge in [0.05, 0.1) is 27.5 Å². The molecule has 0 bridgehead atoms. The minimum Gasteiger partial charge on any atom is -0.376 e. The number of carbonyl (C=O) groups is 1. The summed E-state index contributed by atoms with van der Waals surface area (Å²) in [7, 11) is 3.89. The Morgan fingerprint density at radius 3 is 2.37 bits per heavy atom. The SMILES string of the molecule is CN(C)c1ccc(Nc2cc(NC(=O)c3c(Cl)cccc3Cl)ccn2)nc1. The molecule has 0 unspecified atom stereocenters. The molecular weight excluding hydrogens is 385 g/mol. The number of anilines is 4. The molecule has 0 radical (unpaired) electrons. The number of hydrogen-bond donors (Lipinski definition) is 2. The van der Waals surface area contributed by atoms with Crippen LogP contribution in [-0.2, 0) is 0 Å². The molecular formula is C19H17Cl2N5O. The normalized spacial score (nSPS) is 10.4. The van der Waals surface area contributed by atoms with E-state index < -0.39 is 5.91 Å². The van der Waals surface area contributed by atoms with Gasteiger partial charge in [0.15, 0.2) is 0 Å². The van der Waals surface area contributed by atoms with Crippen molar-refractivity contribution in [2.24, 2.45) is 0 Å². The molecule has 3 rings (SSSR count). The molecule has 1 amide bonds. The summed E-state index contributed by atoms with van der Waals surface area (Å²) in [5.41, 5.74) is 1.78. The fourth-order valence-electron chi connectivity index (χ4n) is 2.34. The number of carbonyl (C=O) groups excluding carboxylic acids is 1. The van der Waals surface area contributed by atoms with Gasteiger partial charge in [0.25, 0.3) is 5.91 Å². The standard InChI is InChI=1S/C19H17Cl2N5O/c1-26(2)13-6-7-16(23-11-13)25-17-10-12(8-9-22-17)24-19(27)18-14(20)4-3-5-15(18)21/h3-11H,1-2H3,(H2,22,23,24,25,27). The molecule has 8 heteroatoms. The Balaban J connectivity index is 1.74. The van der Waals surface area contributed by atoms with Crippen molar-refractivity contribution >= 4 is 52.1 Å². The van der Waals surface area contributed by atoms with E-state index >= 15 is 0 Å².